The summed E-state index contributed by atoms with van der Waals surface area (Å²) in [4.78, 5) is 18.4. The standard InChI is InChI=1S/C25H20N4OS/c30-23(27-25-29-28-24(31-25)16-10-11-16)21-18-8-4-5-9-20(18)26-22-17(12-13-19(21)22)14-15-6-2-1-3-7-15/h1-9,14,16H,10-13H2,(H,27,29,30). The molecule has 0 bridgehead atoms. The van der Waals surface area contributed by atoms with Gasteiger partial charge in [-0.15, -0.1) is 10.2 Å². The van der Waals surface area contributed by atoms with Gasteiger partial charge in [0.2, 0.25) is 5.13 Å². The lowest BCUT2D eigenvalue weighted by Crippen LogP contribution is -2.15. The fourth-order valence-electron chi connectivity index (χ4n) is 4.23. The molecule has 1 fully saturated rings. The number of fused-ring (bicyclic) bond motifs is 2. The van der Waals surface area contributed by atoms with E-state index in [0.29, 0.717) is 16.6 Å². The number of nitrogens with zero attached hydrogens (tertiary/aromatic N) is 3. The first-order chi connectivity index (χ1) is 15.3. The molecule has 6 heteroatoms. The van der Waals surface area contributed by atoms with Crippen molar-refractivity contribution >= 4 is 44.9 Å². The molecule has 0 radical (unpaired) electrons. The van der Waals surface area contributed by atoms with E-state index in [2.05, 4.69) is 33.7 Å². The van der Waals surface area contributed by atoms with Crippen LogP contribution in [0.15, 0.2) is 54.6 Å². The Morgan fingerprint density at radius 1 is 1.00 bits per heavy atom. The number of rotatable bonds is 4. The van der Waals surface area contributed by atoms with Crippen molar-refractivity contribution in [2.45, 2.75) is 31.6 Å². The van der Waals surface area contributed by atoms with Gasteiger partial charge in [0.25, 0.3) is 5.91 Å². The number of carbonyl (C=O) groups is 1. The molecular weight excluding hydrogens is 404 g/mol. The Hall–Kier alpha value is -3.38. The lowest BCUT2D eigenvalue weighted by atomic mass is 10.00. The van der Waals surface area contributed by atoms with Crippen molar-refractivity contribution in [1.29, 1.82) is 0 Å². The van der Waals surface area contributed by atoms with Gasteiger partial charge < -0.3 is 0 Å². The van der Waals surface area contributed by atoms with Crippen LogP contribution in [0.25, 0.3) is 22.6 Å². The number of allylic oxidation sites excluding steroid dienone is 1. The van der Waals surface area contributed by atoms with E-state index < -0.39 is 0 Å². The van der Waals surface area contributed by atoms with Crippen LogP contribution >= 0.6 is 11.3 Å². The van der Waals surface area contributed by atoms with Crippen molar-refractivity contribution in [1.82, 2.24) is 15.2 Å². The summed E-state index contributed by atoms with van der Waals surface area (Å²) in [5.41, 5.74) is 5.82. The van der Waals surface area contributed by atoms with E-state index in [4.69, 9.17) is 4.98 Å². The number of amides is 1. The molecule has 0 unspecified atom stereocenters. The number of pyridine rings is 1. The zero-order chi connectivity index (χ0) is 20.8. The Balaban J connectivity index is 1.43. The van der Waals surface area contributed by atoms with Crippen molar-refractivity contribution < 1.29 is 4.79 Å². The first kappa shape index (κ1) is 18.4. The van der Waals surface area contributed by atoms with Crippen LogP contribution in [0.5, 0.6) is 0 Å². The number of nitrogens with one attached hydrogen (secondary N) is 1. The zero-order valence-electron chi connectivity index (χ0n) is 16.8. The molecule has 0 atom stereocenters. The third kappa shape index (κ3) is 3.43. The second kappa shape index (κ2) is 7.39. The minimum Gasteiger partial charge on any atom is -0.296 e. The summed E-state index contributed by atoms with van der Waals surface area (Å²) in [6.07, 6.45) is 6.20. The van der Waals surface area contributed by atoms with Crippen molar-refractivity contribution in [3.05, 3.63) is 82.0 Å². The van der Waals surface area contributed by atoms with Gasteiger partial charge in [0.05, 0.1) is 16.8 Å². The molecule has 2 aromatic heterocycles. The summed E-state index contributed by atoms with van der Waals surface area (Å²) in [5.74, 6) is 0.397. The van der Waals surface area contributed by atoms with Crippen molar-refractivity contribution in [2.24, 2.45) is 0 Å². The fourth-order valence-corrected chi connectivity index (χ4v) is 5.14. The summed E-state index contributed by atoms with van der Waals surface area (Å²) >= 11 is 1.49. The number of aromatic nitrogens is 3. The Morgan fingerprint density at radius 3 is 2.65 bits per heavy atom. The maximum absolute atomic E-state index is 13.4. The van der Waals surface area contributed by atoms with Gasteiger partial charge in [-0.3, -0.25) is 10.1 Å². The Kier molecular flexibility index (Phi) is 4.39. The summed E-state index contributed by atoms with van der Waals surface area (Å²) < 4.78 is 0. The first-order valence-corrected chi connectivity index (χ1v) is 11.4. The zero-order valence-corrected chi connectivity index (χ0v) is 17.7. The van der Waals surface area contributed by atoms with E-state index >= 15 is 0 Å². The SMILES string of the molecule is O=C(Nc1nnc(C2CC2)s1)c1c2c(nc3ccccc13)C(=Cc1ccccc1)CC2. The van der Waals surface area contributed by atoms with Gasteiger partial charge in [0, 0.05) is 11.3 Å². The predicted octanol–water partition coefficient (Wildman–Crippen LogP) is 5.70. The number of anilines is 1. The minimum atomic E-state index is -0.130. The van der Waals surface area contributed by atoms with E-state index in [9.17, 15) is 4.79 Å². The van der Waals surface area contributed by atoms with Crippen LogP contribution in [0.3, 0.4) is 0 Å². The third-order valence-corrected chi connectivity index (χ3v) is 6.90. The van der Waals surface area contributed by atoms with Gasteiger partial charge in [-0.05, 0) is 54.5 Å². The minimum absolute atomic E-state index is 0.130. The lowest BCUT2D eigenvalue weighted by Gasteiger charge is -2.12. The molecule has 31 heavy (non-hydrogen) atoms. The molecule has 1 N–H and O–H groups in total. The van der Waals surface area contributed by atoms with Crippen LogP contribution in [0.2, 0.25) is 0 Å². The number of benzene rings is 2. The average Bonchev–Trinajstić information content (AvgIpc) is 3.43. The van der Waals surface area contributed by atoms with Crippen LogP contribution in [-0.4, -0.2) is 21.1 Å². The summed E-state index contributed by atoms with van der Waals surface area (Å²) in [6, 6.07) is 18.1. The van der Waals surface area contributed by atoms with Crippen molar-refractivity contribution in [3.63, 3.8) is 0 Å². The summed E-state index contributed by atoms with van der Waals surface area (Å²) in [5, 5.41) is 13.9. The normalized spacial score (nSPS) is 16.6. The van der Waals surface area contributed by atoms with Gasteiger partial charge in [-0.25, -0.2) is 4.98 Å². The highest BCUT2D eigenvalue weighted by Crippen LogP contribution is 2.42. The molecule has 2 aliphatic rings. The third-order valence-electron chi connectivity index (χ3n) is 5.90. The maximum atomic E-state index is 13.4. The molecular formula is C25H20N4OS. The Bertz CT molecular complexity index is 1340. The van der Waals surface area contributed by atoms with Crippen molar-refractivity contribution in [3.8, 4) is 0 Å². The van der Waals surface area contributed by atoms with Gasteiger partial charge in [0.15, 0.2) is 0 Å². The van der Waals surface area contributed by atoms with Crippen LogP contribution in [0.1, 0.15) is 57.4 Å². The van der Waals surface area contributed by atoms with E-state index in [0.717, 1.165) is 45.6 Å². The number of para-hydroxylation sites is 1. The van der Waals surface area contributed by atoms with Crippen LogP contribution in [-0.2, 0) is 6.42 Å². The smallest absolute Gasteiger partial charge is 0.258 e. The highest BCUT2D eigenvalue weighted by atomic mass is 32.1. The Morgan fingerprint density at radius 2 is 1.81 bits per heavy atom. The fraction of sp³-hybridized carbons (Fsp3) is 0.200. The number of hydrogen-bond acceptors (Lipinski definition) is 5. The molecule has 4 aromatic rings. The van der Waals surface area contributed by atoms with Gasteiger partial charge >= 0.3 is 0 Å². The largest absolute Gasteiger partial charge is 0.296 e. The van der Waals surface area contributed by atoms with Crippen LogP contribution in [0, 0.1) is 0 Å². The lowest BCUT2D eigenvalue weighted by molar-refractivity contribution is 0.102. The molecule has 152 valence electrons. The van der Waals surface area contributed by atoms with Gasteiger partial charge in [-0.2, -0.15) is 0 Å². The molecule has 0 saturated heterocycles. The molecule has 1 amide bonds. The topological polar surface area (TPSA) is 67.8 Å². The van der Waals surface area contributed by atoms with E-state index in [1.165, 1.54) is 29.8 Å². The second-order valence-corrected chi connectivity index (χ2v) is 9.09. The second-order valence-electron chi connectivity index (χ2n) is 8.09. The van der Waals surface area contributed by atoms with Crippen molar-refractivity contribution in [2.75, 3.05) is 5.32 Å². The molecule has 5 nitrogen and oxygen atoms in total. The molecule has 2 heterocycles. The molecule has 2 aromatic carbocycles. The molecule has 0 spiro atoms. The van der Waals surface area contributed by atoms with Gasteiger partial charge in [0.1, 0.15) is 5.01 Å². The first-order valence-electron chi connectivity index (χ1n) is 10.6. The highest BCUT2D eigenvalue weighted by Gasteiger charge is 2.29. The van der Waals surface area contributed by atoms with E-state index in [1.54, 1.807) is 0 Å². The van der Waals surface area contributed by atoms with E-state index in [1.807, 2.05) is 42.5 Å². The Labute approximate surface area is 183 Å². The van der Waals surface area contributed by atoms with Crippen LogP contribution < -0.4 is 5.32 Å². The highest BCUT2D eigenvalue weighted by molar-refractivity contribution is 7.15. The number of hydrogen-bond donors (Lipinski definition) is 1. The van der Waals surface area contributed by atoms with Crippen LogP contribution in [0.4, 0.5) is 5.13 Å². The predicted molar refractivity (Wildman–Crippen MR) is 124 cm³/mol. The average molecular weight is 425 g/mol. The summed E-state index contributed by atoms with van der Waals surface area (Å²) in [7, 11) is 0. The van der Waals surface area contributed by atoms with Gasteiger partial charge in [-0.1, -0.05) is 59.9 Å². The molecule has 1 saturated carbocycles. The quantitative estimate of drug-likeness (QED) is 0.456. The molecule has 0 aliphatic heterocycles. The number of carbonyl (C=O) groups excluding carboxylic acids is 1. The van der Waals surface area contributed by atoms with E-state index in [-0.39, 0.29) is 5.91 Å². The molecule has 2 aliphatic carbocycles. The maximum Gasteiger partial charge on any atom is 0.258 e. The monoisotopic (exact) mass is 424 g/mol. The summed E-state index contributed by atoms with van der Waals surface area (Å²) in [6.45, 7) is 0. The molecule has 6 rings (SSSR count).